The number of aliphatic hydroxyl groups is 2. The van der Waals surface area contributed by atoms with Crippen LogP contribution in [0.5, 0.6) is 0 Å². The number of rotatable bonds is 4. The predicted octanol–water partition coefficient (Wildman–Crippen LogP) is 6.83. The average Bonchev–Trinajstić information content (AvgIpc) is 2.86. The van der Waals surface area contributed by atoms with E-state index >= 15 is 0 Å². The summed E-state index contributed by atoms with van der Waals surface area (Å²) in [7, 11) is 0. The summed E-state index contributed by atoms with van der Waals surface area (Å²) in [6.07, 6.45) is 12.8. The van der Waals surface area contributed by atoms with Gasteiger partial charge in [-0.2, -0.15) is 0 Å². The molecule has 6 unspecified atom stereocenters. The summed E-state index contributed by atoms with van der Waals surface area (Å²) in [6.45, 7) is 0. The number of hydrogen-bond acceptors (Lipinski definition) is 2. The third kappa shape index (κ3) is 4.29. The number of benzene rings is 2. The monoisotopic (exact) mass is 432 g/mol. The average molecular weight is 433 g/mol. The standard InChI is InChI=1S/C30H40O2/c31-28-16-14-24(20-26(28)22-10-4-1-5-11-22)30(18-8-3-9-19-30)25-15-17-29(32)27(21-25)23-12-6-2-7-13-23/h1-2,4-7,10-13,24-29,31-32H,3,8-9,14-21H2. The molecule has 3 aliphatic rings. The Kier molecular flexibility index (Phi) is 6.71. The van der Waals surface area contributed by atoms with Crippen molar-refractivity contribution in [1.29, 1.82) is 0 Å². The molecule has 0 bridgehead atoms. The van der Waals surface area contributed by atoms with E-state index in [-0.39, 0.29) is 24.0 Å². The van der Waals surface area contributed by atoms with Crippen LogP contribution in [0.1, 0.15) is 93.6 Å². The first kappa shape index (κ1) is 22.2. The summed E-state index contributed by atoms with van der Waals surface area (Å²) in [6, 6.07) is 21.5. The Morgan fingerprint density at radius 2 is 1.00 bits per heavy atom. The molecular weight excluding hydrogens is 392 g/mol. The first-order valence-corrected chi connectivity index (χ1v) is 13.1. The van der Waals surface area contributed by atoms with E-state index in [1.807, 2.05) is 0 Å². The Labute approximate surface area is 194 Å². The highest BCUT2D eigenvalue weighted by molar-refractivity contribution is 5.24. The van der Waals surface area contributed by atoms with Gasteiger partial charge in [0.15, 0.2) is 0 Å². The van der Waals surface area contributed by atoms with Crippen LogP contribution in [-0.2, 0) is 0 Å². The maximum absolute atomic E-state index is 10.9. The number of aliphatic hydroxyl groups excluding tert-OH is 2. The molecule has 6 atom stereocenters. The molecule has 32 heavy (non-hydrogen) atoms. The smallest absolute Gasteiger partial charge is 0.0608 e. The molecule has 0 aliphatic heterocycles. The lowest BCUT2D eigenvalue weighted by Gasteiger charge is -2.54. The summed E-state index contributed by atoms with van der Waals surface area (Å²) < 4.78 is 0. The van der Waals surface area contributed by atoms with Crippen molar-refractivity contribution in [3.8, 4) is 0 Å². The van der Waals surface area contributed by atoms with Gasteiger partial charge >= 0.3 is 0 Å². The van der Waals surface area contributed by atoms with E-state index in [1.165, 1.54) is 56.1 Å². The molecule has 2 aromatic rings. The van der Waals surface area contributed by atoms with Crippen LogP contribution in [0.15, 0.2) is 60.7 Å². The highest BCUT2D eigenvalue weighted by Crippen LogP contribution is 2.59. The van der Waals surface area contributed by atoms with Crippen LogP contribution in [0.25, 0.3) is 0 Å². The van der Waals surface area contributed by atoms with Gasteiger partial charge in [0.25, 0.3) is 0 Å². The van der Waals surface area contributed by atoms with Crippen molar-refractivity contribution < 1.29 is 10.2 Å². The van der Waals surface area contributed by atoms with Crippen molar-refractivity contribution in [1.82, 2.24) is 0 Å². The van der Waals surface area contributed by atoms with Crippen LogP contribution >= 0.6 is 0 Å². The molecule has 3 aliphatic carbocycles. The Morgan fingerprint density at radius 1 is 0.562 bits per heavy atom. The third-order valence-corrected chi connectivity index (χ3v) is 9.49. The summed E-state index contributed by atoms with van der Waals surface area (Å²) in [4.78, 5) is 0. The van der Waals surface area contributed by atoms with E-state index in [4.69, 9.17) is 0 Å². The molecule has 0 saturated heterocycles. The van der Waals surface area contributed by atoms with Crippen LogP contribution in [0.4, 0.5) is 0 Å². The molecule has 0 radical (unpaired) electrons. The molecule has 0 heterocycles. The molecule has 0 spiro atoms. The van der Waals surface area contributed by atoms with Crippen molar-refractivity contribution >= 4 is 0 Å². The van der Waals surface area contributed by atoms with Crippen molar-refractivity contribution in [2.75, 3.05) is 0 Å². The Balaban J connectivity index is 1.42. The molecule has 3 fully saturated rings. The Hall–Kier alpha value is -1.64. The molecular formula is C30H40O2. The Morgan fingerprint density at radius 3 is 1.44 bits per heavy atom. The van der Waals surface area contributed by atoms with Crippen LogP contribution in [0.2, 0.25) is 0 Å². The third-order valence-electron chi connectivity index (χ3n) is 9.49. The van der Waals surface area contributed by atoms with Crippen LogP contribution < -0.4 is 0 Å². The van der Waals surface area contributed by atoms with E-state index in [0.29, 0.717) is 17.3 Å². The van der Waals surface area contributed by atoms with Gasteiger partial charge in [-0.1, -0.05) is 79.9 Å². The maximum atomic E-state index is 10.9. The molecule has 0 aromatic heterocycles. The van der Waals surface area contributed by atoms with E-state index in [0.717, 1.165) is 25.7 Å². The van der Waals surface area contributed by atoms with Gasteiger partial charge in [-0.15, -0.1) is 0 Å². The molecule has 2 N–H and O–H groups in total. The lowest BCUT2D eigenvalue weighted by Crippen LogP contribution is -2.46. The normalized spacial score (nSPS) is 35.3. The van der Waals surface area contributed by atoms with Crippen molar-refractivity contribution in [2.24, 2.45) is 17.3 Å². The highest BCUT2D eigenvalue weighted by Gasteiger charge is 2.50. The zero-order valence-corrected chi connectivity index (χ0v) is 19.4. The van der Waals surface area contributed by atoms with Crippen LogP contribution in [0.3, 0.4) is 0 Å². The van der Waals surface area contributed by atoms with Crippen molar-refractivity contribution in [3.05, 3.63) is 71.8 Å². The molecule has 172 valence electrons. The first-order chi connectivity index (χ1) is 15.7. The molecule has 0 amide bonds. The summed E-state index contributed by atoms with van der Waals surface area (Å²) in [5, 5.41) is 21.9. The van der Waals surface area contributed by atoms with E-state index < -0.39 is 0 Å². The summed E-state index contributed by atoms with van der Waals surface area (Å²) in [5.41, 5.74) is 3.02. The van der Waals surface area contributed by atoms with Gasteiger partial charge in [0.05, 0.1) is 12.2 Å². The molecule has 2 heteroatoms. The van der Waals surface area contributed by atoms with E-state index in [2.05, 4.69) is 60.7 Å². The molecule has 3 saturated carbocycles. The second-order valence-electron chi connectivity index (χ2n) is 11.0. The fourth-order valence-corrected chi connectivity index (χ4v) is 7.83. The minimum absolute atomic E-state index is 0.209. The fraction of sp³-hybridized carbons (Fsp3) is 0.600. The lowest BCUT2D eigenvalue weighted by molar-refractivity contribution is -0.0557. The molecule has 2 aromatic carbocycles. The summed E-state index contributed by atoms with van der Waals surface area (Å²) >= 11 is 0. The fourth-order valence-electron chi connectivity index (χ4n) is 7.83. The van der Waals surface area contributed by atoms with Gasteiger partial charge in [-0.25, -0.2) is 0 Å². The second kappa shape index (κ2) is 9.69. The molecule has 2 nitrogen and oxygen atoms in total. The van der Waals surface area contributed by atoms with Gasteiger partial charge < -0.3 is 10.2 Å². The number of hydrogen-bond donors (Lipinski definition) is 2. The largest absolute Gasteiger partial charge is 0.392 e. The highest BCUT2D eigenvalue weighted by atomic mass is 16.3. The van der Waals surface area contributed by atoms with Crippen molar-refractivity contribution in [3.63, 3.8) is 0 Å². The van der Waals surface area contributed by atoms with Crippen LogP contribution in [0, 0.1) is 17.3 Å². The lowest BCUT2D eigenvalue weighted by atomic mass is 9.51. The molecule has 5 rings (SSSR count). The topological polar surface area (TPSA) is 40.5 Å². The van der Waals surface area contributed by atoms with Gasteiger partial charge in [0.1, 0.15) is 0 Å². The van der Waals surface area contributed by atoms with Gasteiger partial charge in [-0.3, -0.25) is 0 Å². The summed E-state index contributed by atoms with van der Waals surface area (Å²) in [5.74, 6) is 1.92. The minimum Gasteiger partial charge on any atom is -0.392 e. The van der Waals surface area contributed by atoms with Crippen molar-refractivity contribution in [2.45, 2.75) is 94.7 Å². The zero-order valence-electron chi connectivity index (χ0n) is 19.4. The van der Waals surface area contributed by atoms with Gasteiger partial charge in [-0.05, 0) is 79.7 Å². The van der Waals surface area contributed by atoms with E-state index in [9.17, 15) is 10.2 Å². The SMILES string of the molecule is OC1CCC(C2(C3CCC(O)C(c4ccccc4)C3)CCCCC2)CC1c1ccccc1. The van der Waals surface area contributed by atoms with Gasteiger partial charge in [0, 0.05) is 11.8 Å². The predicted molar refractivity (Wildman–Crippen MR) is 131 cm³/mol. The Bertz CT molecular complexity index is 776. The second-order valence-corrected chi connectivity index (χ2v) is 11.0. The van der Waals surface area contributed by atoms with E-state index in [1.54, 1.807) is 0 Å². The zero-order chi connectivity index (χ0) is 22.0. The maximum Gasteiger partial charge on any atom is 0.0608 e. The minimum atomic E-state index is -0.209. The van der Waals surface area contributed by atoms with Gasteiger partial charge in [0.2, 0.25) is 0 Å². The quantitative estimate of drug-likeness (QED) is 0.556. The van der Waals surface area contributed by atoms with Crippen LogP contribution in [-0.4, -0.2) is 22.4 Å². The first-order valence-electron chi connectivity index (χ1n) is 13.1.